The quantitative estimate of drug-likeness (QED) is 0.710. The van der Waals surface area contributed by atoms with E-state index in [4.69, 9.17) is 4.84 Å². The number of hydrogen-bond donors (Lipinski definition) is 1. The first-order valence-corrected chi connectivity index (χ1v) is 4.09. The molecule has 2 aromatic heterocycles. The summed E-state index contributed by atoms with van der Waals surface area (Å²) < 4.78 is 1.84. The van der Waals surface area contributed by atoms with Crippen LogP contribution in [0.2, 0.25) is 0 Å². The van der Waals surface area contributed by atoms with Crippen molar-refractivity contribution in [1.82, 2.24) is 15.1 Å². The third-order valence-electron chi connectivity index (χ3n) is 1.91. The van der Waals surface area contributed by atoms with Gasteiger partial charge in [-0.15, -0.1) is 0 Å². The van der Waals surface area contributed by atoms with Crippen LogP contribution in [-0.2, 0) is 11.4 Å². The molecule has 0 amide bonds. The Morgan fingerprint density at radius 2 is 2.46 bits per heavy atom. The molecule has 1 N–H and O–H groups in total. The highest BCUT2D eigenvalue weighted by Gasteiger charge is 2.00. The Hall–Kier alpha value is -1.39. The molecule has 0 aliphatic rings. The first kappa shape index (κ1) is 8.22. The fourth-order valence-corrected chi connectivity index (χ4v) is 1.27. The molecule has 0 spiro atoms. The molecule has 0 aliphatic carbocycles. The zero-order chi connectivity index (χ0) is 9.10. The van der Waals surface area contributed by atoms with E-state index in [0.29, 0.717) is 6.54 Å². The van der Waals surface area contributed by atoms with E-state index in [2.05, 4.69) is 10.6 Å². The largest absolute Gasteiger partial charge is 0.305 e. The van der Waals surface area contributed by atoms with Gasteiger partial charge in [0.25, 0.3) is 0 Å². The molecular weight excluding hydrogens is 166 g/mol. The van der Waals surface area contributed by atoms with Gasteiger partial charge in [0.05, 0.1) is 18.8 Å². The van der Waals surface area contributed by atoms with Gasteiger partial charge in [-0.25, -0.2) is 4.52 Å². The maximum Gasteiger partial charge on any atom is 0.0707 e. The van der Waals surface area contributed by atoms with Crippen LogP contribution in [0.3, 0.4) is 0 Å². The smallest absolute Gasteiger partial charge is 0.0707 e. The zero-order valence-electron chi connectivity index (χ0n) is 7.40. The maximum atomic E-state index is 4.78. The van der Waals surface area contributed by atoms with Crippen LogP contribution in [-0.4, -0.2) is 16.7 Å². The van der Waals surface area contributed by atoms with Crippen molar-refractivity contribution in [2.24, 2.45) is 0 Å². The van der Waals surface area contributed by atoms with Crippen LogP contribution in [0, 0.1) is 0 Å². The van der Waals surface area contributed by atoms with Crippen LogP contribution in [0.15, 0.2) is 30.6 Å². The van der Waals surface area contributed by atoms with Gasteiger partial charge in [-0.05, 0) is 12.1 Å². The monoisotopic (exact) mass is 177 g/mol. The molecule has 0 atom stereocenters. The van der Waals surface area contributed by atoms with Crippen LogP contribution in [0.1, 0.15) is 5.56 Å². The topological polar surface area (TPSA) is 38.6 Å². The Bertz CT molecular complexity index is 396. The number of pyridine rings is 1. The third kappa shape index (κ3) is 1.54. The van der Waals surface area contributed by atoms with E-state index >= 15 is 0 Å². The van der Waals surface area contributed by atoms with Gasteiger partial charge in [0.2, 0.25) is 0 Å². The molecule has 4 nitrogen and oxygen atoms in total. The van der Waals surface area contributed by atoms with E-state index in [1.165, 1.54) is 0 Å². The first-order chi connectivity index (χ1) is 6.42. The predicted molar refractivity (Wildman–Crippen MR) is 49.0 cm³/mol. The highest BCUT2D eigenvalue weighted by molar-refractivity contribution is 5.53. The Kier molecular flexibility index (Phi) is 2.25. The summed E-state index contributed by atoms with van der Waals surface area (Å²) in [5.41, 5.74) is 5.02. The summed E-state index contributed by atoms with van der Waals surface area (Å²) in [7, 11) is 1.60. The Labute approximate surface area is 76.1 Å². The molecule has 0 aliphatic heterocycles. The van der Waals surface area contributed by atoms with Crippen molar-refractivity contribution in [2.75, 3.05) is 7.11 Å². The fraction of sp³-hybridized carbons (Fsp3) is 0.222. The minimum absolute atomic E-state index is 0.671. The van der Waals surface area contributed by atoms with E-state index in [0.717, 1.165) is 11.1 Å². The Balaban J connectivity index is 2.35. The fourth-order valence-electron chi connectivity index (χ4n) is 1.27. The number of hydroxylamine groups is 1. The van der Waals surface area contributed by atoms with E-state index < -0.39 is 0 Å². The summed E-state index contributed by atoms with van der Waals surface area (Å²) in [4.78, 5) is 4.78. The molecule has 2 heterocycles. The minimum atomic E-state index is 0.671. The molecule has 0 aromatic carbocycles. The van der Waals surface area contributed by atoms with Gasteiger partial charge in [-0.3, -0.25) is 0 Å². The Morgan fingerprint density at radius 3 is 3.31 bits per heavy atom. The van der Waals surface area contributed by atoms with Gasteiger partial charge in [-0.2, -0.15) is 10.6 Å². The molecule has 13 heavy (non-hydrogen) atoms. The van der Waals surface area contributed by atoms with Gasteiger partial charge in [0.1, 0.15) is 0 Å². The molecule has 0 bridgehead atoms. The first-order valence-electron chi connectivity index (χ1n) is 4.09. The van der Waals surface area contributed by atoms with Crippen LogP contribution in [0.5, 0.6) is 0 Å². The van der Waals surface area contributed by atoms with Crippen LogP contribution < -0.4 is 5.48 Å². The number of nitrogens with zero attached hydrogens (tertiary/aromatic N) is 2. The summed E-state index contributed by atoms with van der Waals surface area (Å²) in [6.45, 7) is 0.671. The normalized spacial score (nSPS) is 10.8. The van der Waals surface area contributed by atoms with Crippen LogP contribution in [0.25, 0.3) is 5.52 Å². The van der Waals surface area contributed by atoms with Gasteiger partial charge in [0.15, 0.2) is 0 Å². The van der Waals surface area contributed by atoms with Crippen molar-refractivity contribution in [3.05, 3.63) is 36.2 Å². The summed E-state index contributed by atoms with van der Waals surface area (Å²) in [6, 6.07) is 5.97. The predicted octanol–water partition coefficient (Wildman–Crippen LogP) is 0.985. The second kappa shape index (κ2) is 3.55. The second-order valence-electron chi connectivity index (χ2n) is 2.73. The van der Waals surface area contributed by atoms with Gasteiger partial charge in [0, 0.05) is 18.3 Å². The van der Waals surface area contributed by atoms with E-state index in [9.17, 15) is 0 Å². The average molecular weight is 177 g/mol. The molecule has 4 heteroatoms. The average Bonchev–Trinajstić information content (AvgIpc) is 2.58. The minimum Gasteiger partial charge on any atom is -0.305 e. The van der Waals surface area contributed by atoms with E-state index in [-0.39, 0.29) is 0 Å². The summed E-state index contributed by atoms with van der Waals surface area (Å²) in [5.74, 6) is 0. The molecule has 0 saturated heterocycles. The van der Waals surface area contributed by atoms with Crippen LogP contribution >= 0.6 is 0 Å². The number of hydrogen-bond acceptors (Lipinski definition) is 3. The van der Waals surface area contributed by atoms with Gasteiger partial charge >= 0.3 is 0 Å². The highest BCUT2D eigenvalue weighted by Crippen LogP contribution is 2.08. The Morgan fingerprint density at radius 1 is 1.54 bits per heavy atom. The zero-order valence-corrected chi connectivity index (χ0v) is 7.40. The summed E-state index contributed by atoms with van der Waals surface area (Å²) in [6.07, 6.45) is 3.76. The lowest BCUT2D eigenvalue weighted by Gasteiger charge is -1.98. The van der Waals surface area contributed by atoms with Crippen LogP contribution in [0.4, 0.5) is 0 Å². The number of nitrogens with one attached hydrogen (secondary N) is 1. The number of rotatable bonds is 3. The van der Waals surface area contributed by atoms with Crippen molar-refractivity contribution >= 4 is 5.52 Å². The third-order valence-corrected chi connectivity index (χ3v) is 1.91. The molecule has 68 valence electrons. The molecule has 0 radical (unpaired) electrons. The molecular formula is C9H11N3O. The standard InChI is InChI=1S/C9H11N3O/c1-13-11-7-8-6-10-12-5-3-2-4-9(8)12/h2-6,11H,7H2,1H3. The lowest BCUT2D eigenvalue weighted by molar-refractivity contribution is 0.0870. The molecule has 2 aromatic rings. The van der Waals surface area contributed by atoms with Crippen molar-refractivity contribution < 1.29 is 4.84 Å². The van der Waals surface area contributed by atoms with Crippen molar-refractivity contribution in [3.63, 3.8) is 0 Å². The van der Waals surface area contributed by atoms with Gasteiger partial charge in [-0.1, -0.05) is 6.07 Å². The molecule has 0 saturated carbocycles. The van der Waals surface area contributed by atoms with Crippen molar-refractivity contribution in [1.29, 1.82) is 0 Å². The van der Waals surface area contributed by atoms with Crippen molar-refractivity contribution in [3.8, 4) is 0 Å². The SMILES string of the molecule is CONCc1cnn2ccccc12. The van der Waals surface area contributed by atoms with Crippen molar-refractivity contribution in [2.45, 2.75) is 6.54 Å². The van der Waals surface area contributed by atoms with E-state index in [1.807, 2.05) is 35.1 Å². The molecule has 0 unspecified atom stereocenters. The lowest BCUT2D eigenvalue weighted by Crippen LogP contribution is -2.10. The van der Waals surface area contributed by atoms with E-state index in [1.54, 1.807) is 7.11 Å². The lowest BCUT2D eigenvalue weighted by atomic mass is 10.3. The summed E-state index contributed by atoms with van der Waals surface area (Å²) >= 11 is 0. The molecule has 2 rings (SSSR count). The highest BCUT2D eigenvalue weighted by atomic mass is 16.6. The molecule has 0 fully saturated rings. The second-order valence-corrected chi connectivity index (χ2v) is 2.73. The number of fused-ring (bicyclic) bond motifs is 1. The van der Waals surface area contributed by atoms with Gasteiger partial charge < -0.3 is 4.84 Å². The number of aromatic nitrogens is 2. The summed E-state index contributed by atoms with van der Waals surface area (Å²) in [5, 5.41) is 4.19. The maximum absolute atomic E-state index is 4.78.